The predicted octanol–water partition coefficient (Wildman–Crippen LogP) is 5.33. The lowest BCUT2D eigenvalue weighted by atomic mass is 9.84. The van der Waals surface area contributed by atoms with Crippen molar-refractivity contribution in [3.05, 3.63) is 29.3 Å². The fraction of sp³-hybridized carbons (Fsp3) is 0.708. The zero-order valence-corrected chi connectivity index (χ0v) is 22.0. The van der Waals surface area contributed by atoms with Gasteiger partial charge in [0, 0.05) is 66.3 Å². The van der Waals surface area contributed by atoms with E-state index in [4.69, 9.17) is 0 Å². The fourth-order valence-electron chi connectivity index (χ4n) is 5.66. The molecule has 3 aliphatic rings. The average molecular weight is 610 g/mol. The highest BCUT2D eigenvalue weighted by atomic mass is 32.2. The second kappa shape index (κ2) is 11.2. The van der Waals surface area contributed by atoms with Crippen LogP contribution in [-0.4, -0.2) is 88.3 Å². The van der Waals surface area contributed by atoms with Gasteiger partial charge < -0.3 is 14.5 Å². The zero-order valence-electron chi connectivity index (χ0n) is 21.2. The molecule has 1 amide bonds. The highest BCUT2D eigenvalue weighted by Crippen LogP contribution is 2.42. The Morgan fingerprint density at radius 1 is 0.900 bits per heavy atom. The summed E-state index contributed by atoms with van der Waals surface area (Å²) in [6.45, 7) is 1.26. The highest BCUT2D eigenvalue weighted by molar-refractivity contribution is 7.85. The summed E-state index contributed by atoms with van der Waals surface area (Å²) in [6, 6.07) is 3.50. The highest BCUT2D eigenvalue weighted by Gasteiger charge is 2.60. The third kappa shape index (κ3) is 6.80. The lowest BCUT2D eigenvalue weighted by Gasteiger charge is -2.45. The van der Waals surface area contributed by atoms with Gasteiger partial charge >= 0.3 is 24.6 Å². The summed E-state index contributed by atoms with van der Waals surface area (Å²) in [4.78, 5) is 16.9. The maximum Gasteiger partial charge on any atom is 0.434 e. The van der Waals surface area contributed by atoms with E-state index in [0.29, 0.717) is 48.8 Å². The molecule has 40 heavy (non-hydrogen) atoms. The molecule has 1 aromatic rings. The third-order valence-corrected chi connectivity index (χ3v) is 9.07. The summed E-state index contributed by atoms with van der Waals surface area (Å²) in [7, 11) is -1.04. The summed E-state index contributed by atoms with van der Waals surface area (Å²) in [5.41, 5.74) is -0.313. The van der Waals surface area contributed by atoms with Gasteiger partial charge in [-0.2, -0.15) is 39.5 Å². The van der Waals surface area contributed by atoms with E-state index in [2.05, 4.69) is 9.64 Å². The normalized spacial score (nSPS) is 21.4. The summed E-state index contributed by atoms with van der Waals surface area (Å²) in [5.74, 6) is 0.664. The van der Waals surface area contributed by atoms with Gasteiger partial charge in [-0.15, -0.1) is 0 Å². The molecule has 16 heteroatoms. The van der Waals surface area contributed by atoms with Crippen LogP contribution in [-0.2, 0) is 28.3 Å². The number of piperidine rings is 1. The van der Waals surface area contributed by atoms with Crippen molar-refractivity contribution in [2.75, 3.05) is 49.1 Å². The third-order valence-electron chi connectivity index (χ3n) is 7.80. The van der Waals surface area contributed by atoms with Crippen LogP contribution in [0, 0.1) is 0 Å². The van der Waals surface area contributed by atoms with Crippen molar-refractivity contribution in [3.63, 3.8) is 0 Å². The molecule has 0 N–H and O–H groups in total. The molecule has 1 aromatic carbocycles. The number of benzene rings is 1. The Morgan fingerprint density at radius 2 is 1.50 bits per heavy atom. The Labute approximate surface area is 226 Å². The first-order chi connectivity index (χ1) is 18.5. The molecule has 0 aromatic heterocycles. The van der Waals surface area contributed by atoms with E-state index in [9.17, 15) is 48.5 Å². The van der Waals surface area contributed by atoms with Crippen molar-refractivity contribution in [1.82, 2.24) is 9.80 Å². The molecule has 0 bridgehead atoms. The molecule has 0 saturated carbocycles. The van der Waals surface area contributed by atoms with Gasteiger partial charge in [-0.25, -0.2) is 4.79 Å². The van der Waals surface area contributed by atoms with Gasteiger partial charge in [-0.1, -0.05) is 6.07 Å². The summed E-state index contributed by atoms with van der Waals surface area (Å²) in [5, 5.41) is 0. The van der Waals surface area contributed by atoms with E-state index in [1.54, 1.807) is 4.90 Å². The van der Waals surface area contributed by atoms with Crippen LogP contribution in [0.2, 0.25) is 0 Å². The van der Waals surface area contributed by atoms with Crippen LogP contribution in [0.5, 0.6) is 0 Å². The Hall–Kier alpha value is -2.23. The van der Waals surface area contributed by atoms with Crippen LogP contribution in [0.4, 0.5) is 50.0 Å². The van der Waals surface area contributed by atoms with Gasteiger partial charge in [0.25, 0.3) is 6.10 Å². The number of nitrogens with zero attached hydrogens (tertiary/aromatic N) is 3. The van der Waals surface area contributed by atoms with Gasteiger partial charge in [0.05, 0.1) is 5.56 Å². The average Bonchev–Trinajstić information content (AvgIpc) is 3.22. The molecular weight excluding hydrogens is 581 g/mol. The molecule has 0 atom stereocenters. The van der Waals surface area contributed by atoms with Crippen molar-refractivity contribution in [2.24, 2.45) is 0 Å². The van der Waals surface area contributed by atoms with Crippen LogP contribution >= 0.6 is 0 Å². The molecule has 3 saturated heterocycles. The molecule has 3 heterocycles. The maximum atomic E-state index is 13.5. The Kier molecular flexibility index (Phi) is 8.61. The van der Waals surface area contributed by atoms with Crippen molar-refractivity contribution >= 4 is 22.6 Å². The van der Waals surface area contributed by atoms with Crippen LogP contribution in [0.25, 0.3) is 0 Å². The van der Waals surface area contributed by atoms with E-state index in [1.807, 2.05) is 0 Å². The summed E-state index contributed by atoms with van der Waals surface area (Å²) in [6.07, 6.45) is -20.2. The molecular formula is C24H28F9N3O3S. The summed E-state index contributed by atoms with van der Waals surface area (Å²) < 4.78 is 133. The Morgan fingerprint density at radius 3 is 2.05 bits per heavy atom. The number of alkyl halides is 9. The number of amides is 1. The predicted molar refractivity (Wildman–Crippen MR) is 127 cm³/mol. The summed E-state index contributed by atoms with van der Waals surface area (Å²) >= 11 is 0. The minimum absolute atomic E-state index is 0.129. The van der Waals surface area contributed by atoms with Crippen LogP contribution in [0.3, 0.4) is 0 Å². The molecule has 0 radical (unpaired) electrons. The SMILES string of the molecule is O=C(OC(C(F)(F)F)C(F)(F)F)N1CCC2(CCCN2Cc2ccc(C(F)(F)F)cc2N2CCS(=O)CC2)CC1. The van der Waals surface area contributed by atoms with Gasteiger partial charge in [0.15, 0.2) is 0 Å². The lowest BCUT2D eigenvalue weighted by molar-refractivity contribution is -0.308. The molecule has 6 nitrogen and oxygen atoms in total. The zero-order chi connectivity index (χ0) is 29.5. The molecule has 1 spiro atoms. The molecule has 226 valence electrons. The first kappa shape index (κ1) is 30.7. The molecule has 0 aliphatic carbocycles. The van der Waals surface area contributed by atoms with Gasteiger partial charge in [0.1, 0.15) is 0 Å². The Bertz CT molecular complexity index is 1080. The van der Waals surface area contributed by atoms with Crippen LogP contribution in [0.15, 0.2) is 18.2 Å². The number of halogens is 9. The number of anilines is 1. The Balaban J connectivity index is 1.48. The largest absolute Gasteiger partial charge is 0.434 e. The lowest BCUT2D eigenvalue weighted by Crippen LogP contribution is -2.54. The molecule has 3 aliphatic heterocycles. The van der Waals surface area contributed by atoms with Crippen molar-refractivity contribution in [1.29, 1.82) is 0 Å². The molecule has 4 rings (SSSR count). The van der Waals surface area contributed by atoms with Gasteiger partial charge in [0.2, 0.25) is 0 Å². The van der Waals surface area contributed by atoms with E-state index in [1.165, 1.54) is 6.07 Å². The number of hydrogen-bond donors (Lipinski definition) is 0. The van der Waals surface area contributed by atoms with E-state index in [0.717, 1.165) is 23.5 Å². The van der Waals surface area contributed by atoms with Gasteiger partial charge in [-0.05, 0) is 49.9 Å². The van der Waals surface area contributed by atoms with E-state index >= 15 is 0 Å². The van der Waals surface area contributed by atoms with Crippen LogP contribution < -0.4 is 4.90 Å². The van der Waals surface area contributed by atoms with Crippen molar-refractivity contribution < 1.29 is 53.3 Å². The van der Waals surface area contributed by atoms with Crippen molar-refractivity contribution in [2.45, 2.75) is 62.4 Å². The quantitative estimate of drug-likeness (QED) is 0.432. The number of likely N-dealkylation sites (tertiary alicyclic amines) is 2. The number of carbonyl (C=O) groups is 1. The minimum Gasteiger partial charge on any atom is -0.426 e. The molecule has 3 fully saturated rings. The maximum absolute atomic E-state index is 13.5. The molecule has 0 unspecified atom stereocenters. The fourth-order valence-corrected chi connectivity index (χ4v) is 6.71. The minimum atomic E-state index is -5.81. The number of hydrogen-bond acceptors (Lipinski definition) is 5. The number of ether oxygens (including phenoxy) is 1. The smallest absolute Gasteiger partial charge is 0.426 e. The van der Waals surface area contributed by atoms with Gasteiger partial charge in [-0.3, -0.25) is 9.11 Å². The standard InChI is InChI=1S/C24H28F9N3O3S/c25-22(26,27)17-3-2-16(18(14-17)34-10-12-40(38)13-11-34)15-36-7-1-4-21(36)5-8-35(9-6-21)20(37)39-19(23(28,29)30)24(31,32)33/h2-3,14,19H,1,4-13,15H2. The topological polar surface area (TPSA) is 53.1 Å². The van der Waals surface area contributed by atoms with Crippen LogP contribution in [0.1, 0.15) is 36.8 Å². The monoisotopic (exact) mass is 609 g/mol. The van der Waals surface area contributed by atoms with E-state index < -0.39 is 52.6 Å². The number of carbonyl (C=O) groups excluding carboxylic acids is 1. The first-order valence-electron chi connectivity index (χ1n) is 12.6. The van der Waals surface area contributed by atoms with Crippen molar-refractivity contribution in [3.8, 4) is 0 Å². The second-order valence-corrected chi connectivity index (χ2v) is 12.0. The van der Waals surface area contributed by atoms with E-state index in [-0.39, 0.29) is 32.5 Å². The first-order valence-corrected chi connectivity index (χ1v) is 14.1. The number of rotatable bonds is 4. The second-order valence-electron chi connectivity index (χ2n) is 10.3.